The van der Waals surface area contributed by atoms with Crippen molar-refractivity contribution in [1.29, 1.82) is 0 Å². The van der Waals surface area contributed by atoms with E-state index in [1.165, 1.54) is 16.6 Å². The molecule has 5 heteroatoms. The summed E-state index contributed by atoms with van der Waals surface area (Å²) in [5, 5.41) is 23.3. The first-order valence-electron chi connectivity index (χ1n) is 9.40. The summed E-state index contributed by atoms with van der Waals surface area (Å²) in [6.45, 7) is 1.56. The van der Waals surface area contributed by atoms with E-state index in [2.05, 4.69) is 57.1 Å². The Labute approximate surface area is 167 Å². The van der Waals surface area contributed by atoms with Gasteiger partial charge in [0.25, 0.3) is 0 Å². The number of β-amino-alcohol motifs (C(OH)–C–C–N with tert-alkyl or cyclic N) is 1. The van der Waals surface area contributed by atoms with E-state index in [0.29, 0.717) is 13.0 Å². The van der Waals surface area contributed by atoms with Crippen molar-refractivity contribution in [3.8, 4) is 5.75 Å². The van der Waals surface area contributed by atoms with Gasteiger partial charge in [-0.25, -0.2) is 0 Å². The number of hydrogen-bond acceptors (Lipinski definition) is 3. The molecule has 4 nitrogen and oxygen atoms in total. The largest absolute Gasteiger partial charge is 0.508 e. The zero-order valence-corrected chi connectivity index (χ0v) is 16.9. The van der Waals surface area contributed by atoms with Crippen molar-refractivity contribution < 1.29 is 10.2 Å². The van der Waals surface area contributed by atoms with E-state index in [0.717, 1.165) is 34.9 Å². The fraction of sp³-hybridized carbons (Fsp3) is 0.364. The molecule has 3 aromatic rings. The predicted octanol–water partition coefficient (Wildman–Crippen LogP) is 3.74. The summed E-state index contributed by atoms with van der Waals surface area (Å²) in [5.74, 6) is 0.259. The fourth-order valence-electron chi connectivity index (χ4n) is 5.32. The lowest BCUT2D eigenvalue weighted by molar-refractivity contribution is -0.0972. The highest BCUT2D eigenvalue weighted by Gasteiger charge is 2.57. The number of halogens is 1. The number of hydrogen-bond donors (Lipinski definition) is 3. The van der Waals surface area contributed by atoms with Crippen LogP contribution in [0.4, 0.5) is 0 Å². The first kappa shape index (κ1) is 17.3. The number of benzene rings is 2. The third-order valence-corrected chi connectivity index (χ3v) is 7.14. The van der Waals surface area contributed by atoms with Gasteiger partial charge in [0.15, 0.2) is 0 Å². The van der Waals surface area contributed by atoms with Crippen LogP contribution < -0.4 is 0 Å². The predicted molar refractivity (Wildman–Crippen MR) is 110 cm³/mol. The van der Waals surface area contributed by atoms with E-state index in [9.17, 15) is 10.2 Å². The van der Waals surface area contributed by atoms with Crippen LogP contribution in [0.1, 0.15) is 23.2 Å². The highest BCUT2D eigenvalue weighted by Crippen LogP contribution is 2.51. The molecule has 2 aliphatic rings. The molecule has 2 aromatic carbocycles. The Morgan fingerprint density at radius 3 is 2.81 bits per heavy atom. The number of piperidine rings is 1. The molecule has 1 saturated heterocycles. The minimum Gasteiger partial charge on any atom is -0.508 e. The maximum atomic E-state index is 12.0. The number of aliphatic hydroxyl groups is 1. The standard InChI is InChI=1S/C22H23BrN2O2/c1-25-8-7-21(14-3-2-4-16(26)9-14)12-20-18(11-22(21,27)13-25)17-6-5-15(23)10-19(17)24-20/h2-6,9-10,24,26-27H,7-8,11-13H2,1H3/t21-,22-/m0/s1. The Balaban J connectivity index is 1.73. The third kappa shape index (κ3) is 2.49. The van der Waals surface area contributed by atoms with Crippen molar-refractivity contribution in [3.63, 3.8) is 0 Å². The molecule has 0 spiro atoms. The van der Waals surface area contributed by atoms with Gasteiger partial charge in [-0.05, 0) is 55.4 Å². The van der Waals surface area contributed by atoms with E-state index in [4.69, 9.17) is 0 Å². The molecule has 0 bridgehead atoms. The van der Waals surface area contributed by atoms with Crippen LogP contribution >= 0.6 is 15.9 Å². The third-order valence-electron chi connectivity index (χ3n) is 6.65. The average Bonchev–Trinajstić information content (AvgIpc) is 2.94. The Morgan fingerprint density at radius 2 is 2.00 bits per heavy atom. The summed E-state index contributed by atoms with van der Waals surface area (Å²) >= 11 is 3.56. The van der Waals surface area contributed by atoms with E-state index in [1.807, 2.05) is 12.1 Å². The van der Waals surface area contributed by atoms with Crippen molar-refractivity contribution in [3.05, 3.63) is 63.8 Å². The monoisotopic (exact) mass is 426 g/mol. The lowest BCUT2D eigenvalue weighted by Crippen LogP contribution is -2.65. The molecular formula is C22H23BrN2O2. The van der Waals surface area contributed by atoms with Crippen LogP contribution in [0.25, 0.3) is 10.9 Å². The second-order valence-corrected chi connectivity index (χ2v) is 9.19. The fourth-order valence-corrected chi connectivity index (χ4v) is 5.68. The Morgan fingerprint density at radius 1 is 1.15 bits per heavy atom. The topological polar surface area (TPSA) is 59.5 Å². The van der Waals surface area contributed by atoms with Gasteiger partial charge in [0.1, 0.15) is 5.75 Å². The molecule has 1 aliphatic heterocycles. The van der Waals surface area contributed by atoms with Crippen LogP contribution in [0.2, 0.25) is 0 Å². The maximum Gasteiger partial charge on any atom is 0.115 e. The minimum absolute atomic E-state index is 0.259. The van der Waals surface area contributed by atoms with Gasteiger partial charge in [-0.1, -0.05) is 34.1 Å². The number of phenols is 1. The van der Waals surface area contributed by atoms with Crippen molar-refractivity contribution in [1.82, 2.24) is 9.88 Å². The second-order valence-electron chi connectivity index (χ2n) is 8.28. The number of nitrogens with one attached hydrogen (secondary N) is 1. The molecular weight excluding hydrogens is 404 g/mol. The molecule has 2 heterocycles. The summed E-state index contributed by atoms with van der Waals surface area (Å²) in [7, 11) is 2.08. The lowest BCUT2D eigenvalue weighted by atomic mass is 9.56. The van der Waals surface area contributed by atoms with Crippen LogP contribution in [0, 0.1) is 0 Å². The Kier molecular flexibility index (Phi) is 3.74. The number of nitrogens with zero attached hydrogens (tertiary/aromatic N) is 1. The van der Waals surface area contributed by atoms with E-state index in [1.54, 1.807) is 6.07 Å². The summed E-state index contributed by atoms with van der Waals surface area (Å²) in [5.41, 5.74) is 3.30. The lowest BCUT2D eigenvalue weighted by Gasteiger charge is -2.55. The highest BCUT2D eigenvalue weighted by molar-refractivity contribution is 9.10. The van der Waals surface area contributed by atoms with Gasteiger partial charge in [-0.3, -0.25) is 0 Å². The van der Waals surface area contributed by atoms with Gasteiger partial charge >= 0.3 is 0 Å². The number of rotatable bonds is 1. The number of H-pyrrole nitrogens is 1. The van der Waals surface area contributed by atoms with Crippen LogP contribution in [0.5, 0.6) is 5.75 Å². The summed E-state index contributed by atoms with van der Waals surface area (Å²) < 4.78 is 1.05. The normalized spacial score (nSPS) is 28.1. The van der Waals surface area contributed by atoms with Gasteiger partial charge in [0.05, 0.1) is 5.60 Å². The summed E-state index contributed by atoms with van der Waals surface area (Å²) in [4.78, 5) is 5.83. The quantitative estimate of drug-likeness (QED) is 0.555. The van der Waals surface area contributed by atoms with Crippen molar-refractivity contribution in [2.45, 2.75) is 30.3 Å². The molecule has 1 aromatic heterocycles. The molecule has 3 N–H and O–H groups in total. The molecule has 0 radical (unpaired) electrons. The number of fused-ring (bicyclic) bond motifs is 4. The molecule has 0 unspecified atom stereocenters. The zero-order chi connectivity index (χ0) is 18.8. The van der Waals surface area contributed by atoms with Crippen molar-refractivity contribution in [2.75, 3.05) is 20.1 Å². The molecule has 0 amide bonds. The summed E-state index contributed by atoms with van der Waals surface area (Å²) in [6.07, 6.45) is 2.23. The SMILES string of the molecule is CN1CC[C@@]2(c3cccc(O)c3)Cc3[nH]c4cc(Br)ccc4c3C[C@]2(O)C1. The van der Waals surface area contributed by atoms with Crippen molar-refractivity contribution >= 4 is 26.8 Å². The smallest absolute Gasteiger partial charge is 0.115 e. The molecule has 140 valence electrons. The van der Waals surface area contributed by atoms with E-state index < -0.39 is 11.0 Å². The van der Waals surface area contributed by atoms with Gasteiger partial charge in [-0.2, -0.15) is 0 Å². The number of likely N-dealkylation sites (N-methyl/N-ethyl adjacent to an activating group) is 1. The second kappa shape index (κ2) is 5.84. The van der Waals surface area contributed by atoms with Crippen LogP contribution in [0.3, 0.4) is 0 Å². The van der Waals surface area contributed by atoms with Crippen LogP contribution in [-0.4, -0.2) is 45.8 Å². The number of likely N-dealkylation sites (tertiary alicyclic amines) is 1. The molecule has 1 aliphatic carbocycles. The Bertz CT molecular complexity index is 1050. The number of phenolic OH excluding ortho intramolecular Hbond substituents is 1. The summed E-state index contributed by atoms with van der Waals surface area (Å²) in [6, 6.07) is 13.8. The minimum atomic E-state index is -0.872. The molecule has 1 fully saturated rings. The Hall–Kier alpha value is -1.82. The first-order chi connectivity index (χ1) is 12.9. The zero-order valence-electron chi connectivity index (χ0n) is 15.3. The molecule has 27 heavy (non-hydrogen) atoms. The maximum absolute atomic E-state index is 12.0. The number of aromatic hydroxyl groups is 1. The van der Waals surface area contributed by atoms with E-state index >= 15 is 0 Å². The van der Waals surface area contributed by atoms with Gasteiger partial charge in [-0.15, -0.1) is 0 Å². The van der Waals surface area contributed by atoms with Gasteiger partial charge in [0, 0.05) is 45.9 Å². The van der Waals surface area contributed by atoms with Crippen molar-refractivity contribution in [2.24, 2.45) is 0 Å². The highest BCUT2D eigenvalue weighted by atomic mass is 79.9. The number of aromatic amines is 1. The first-order valence-corrected chi connectivity index (χ1v) is 10.2. The molecule has 0 saturated carbocycles. The average molecular weight is 427 g/mol. The van der Waals surface area contributed by atoms with Gasteiger partial charge < -0.3 is 20.1 Å². The molecule has 5 rings (SSSR count). The number of aromatic nitrogens is 1. The van der Waals surface area contributed by atoms with Crippen LogP contribution in [0.15, 0.2) is 46.9 Å². The van der Waals surface area contributed by atoms with Crippen LogP contribution in [-0.2, 0) is 18.3 Å². The molecule has 2 atom stereocenters. The van der Waals surface area contributed by atoms with Gasteiger partial charge in [0.2, 0.25) is 0 Å². The van der Waals surface area contributed by atoms with E-state index in [-0.39, 0.29) is 5.75 Å².